The number of rotatable bonds is 6. The first-order valence-electron chi connectivity index (χ1n) is 8.46. The van der Waals surface area contributed by atoms with Crippen molar-refractivity contribution in [2.45, 2.75) is 0 Å². The number of benzene rings is 2. The van der Waals surface area contributed by atoms with E-state index in [2.05, 4.69) is 15.6 Å². The van der Waals surface area contributed by atoms with Gasteiger partial charge < -0.3 is 19.8 Å². The molecule has 3 amide bonds. The average Bonchev–Trinajstić information content (AvgIpc) is 3.27. The van der Waals surface area contributed by atoms with Gasteiger partial charge in [-0.1, -0.05) is 12.1 Å². The van der Waals surface area contributed by atoms with Crippen LogP contribution < -0.4 is 20.9 Å². The van der Waals surface area contributed by atoms with Gasteiger partial charge in [0, 0.05) is 17.5 Å². The molecule has 1 aromatic heterocycles. The van der Waals surface area contributed by atoms with Gasteiger partial charge in [-0.15, -0.1) is 0 Å². The van der Waals surface area contributed by atoms with E-state index in [1.54, 1.807) is 55.8 Å². The van der Waals surface area contributed by atoms with Crippen LogP contribution in [0.2, 0.25) is 0 Å². The number of nitrogens with zero attached hydrogens (tertiary/aromatic N) is 1. The minimum atomic E-state index is -0.650. The lowest BCUT2D eigenvalue weighted by atomic mass is 10.1. The van der Waals surface area contributed by atoms with Crippen molar-refractivity contribution in [3.8, 4) is 17.1 Å². The molecule has 3 aromatic rings. The third-order valence-corrected chi connectivity index (χ3v) is 3.84. The first-order valence-corrected chi connectivity index (χ1v) is 8.46. The molecule has 29 heavy (non-hydrogen) atoms. The van der Waals surface area contributed by atoms with Crippen molar-refractivity contribution >= 4 is 29.4 Å². The summed E-state index contributed by atoms with van der Waals surface area (Å²) in [6.07, 6.45) is 5.54. The van der Waals surface area contributed by atoms with E-state index in [1.165, 1.54) is 24.0 Å². The number of methoxy groups -OCH3 is 1. The topological polar surface area (TPSA) is 126 Å². The fourth-order valence-electron chi connectivity index (χ4n) is 2.55. The maximum absolute atomic E-state index is 12.4. The Kier molecular flexibility index (Phi) is 6.23. The highest BCUT2D eigenvalue weighted by molar-refractivity contribution is 6.00. The summed E-state index contributed by atoms with van der Waals surface area (Å²) < 4.78 is 10.6. The molecule has 3 rings (SSSR count). The number of anilines is 2. The molecule has 0 spiro atoms. The lowest BCUT2D eigenvalue weighted by molar-refractivity contribution is -0.124. The van der Waals surface area contributed by atoms with Crippen molar-refractivity contribution in [1.29, 1.82) is 0 Å². The van der Waals surface area contributed by atoms with E-state index in [9.17, 15) is 9.59 Å². The van der Waals surface area contributed by atoms with Crippen LogP contribution in [-0.4, -0.2) is 29.2 Å². The van der Waals surface area contributed by atoms with Gasteiger partial charge >= 0.3 is 6.03 Å². The molecule has 0 fully saturated rings. The molecule has 0 atom stereocenters. The minimum absolute atomic E-state index is 0.451. The number of aromatic nitrogens is 1. The molecule has 0 aliphatic carbocycles. The van der Waals surface area contributed by atoms with E-state index in [0.717, 1.165) is 0 Å². The normalized spacial score (nSPS) is 10.6. The summed E-state index contributed by atoms with van der Waals surface area (Å²) in [6.45, 7) is 0. The van der Waals surface area contributed by atoms with Gasteiger partial charge in [-0.3, -0.25) is 10.0 Å². The summed E-state index contributed by atoms with van der Waals surface area (Å²) in [5, 5.41) is 14.0. The third-order valence-electron chi connectivity index (χ3n) is 3.84. The zero-order valence-corrected chi connectivity index (χ0v) is 15.4. The van der Waals surface area contributed by atoms with Crippen LogP contribution in [0, 0.1) is 0 Å². The number of carbonyl (C=O) groups excluding carboxylic acids is 2. The Hall–Kier alpha value is -4.11. The van der Waals surface area contributed by atoms with E-state index in [4.69, 9.17) is 14.4 Å². The van der Waals surface area contributed by atoms with E-state index in [0.29, 0.717) is 34.0 Å². The summed E-state index contributed by atoms with van der Waals surface area (Å²) >= 11 is 0. The molecule has 9 nitrogen and oxygen atoms in total. The summed E-state index contributed by atoms with van der Waals surface area (Å²) in [4.78, 5) is 27.3. The largest absolute Gasteiger partial charge is 0.496 e. The second kappa shape index (κ2) is 9.20. The SMILES string of the molecule is COc1ccc(NC(=O)Nc2cccc(/C=C/C(=O)NO)c2)cc1-c1cnco1. The monoisotopic (exact) mass is 394 g/mol. The maximum Gasteiger partial charge on any atom is 0.323 e. The number of carbonyl (C=O) groups is 2. The Morgan fingerprint density at radius 1 is 1.14 bits per heavy atom. The molecule has 9 heteroatoms. The minimum Gasteiger partial charge on any atom is -0.496 e. The van der Waals surface area contributed by atoms with Crippen LogP contribution in [0.15, 0.2) is 65.5 Å². The van der Waals surface area contributed by atoms with Crippen LogP contribution >= 0.6 is 0 Å². The molecule has 0 unspecified atom stereocenters. The van der Waals surface area contributed by atoms with Crippen molar-refractivity contribution in [3.63, 3.8) is 0 Å². The molecule has 1 heterocycles. The summed E-state index contributed by atoms with van der Waals surface area (Å²) in [7, 11) is 1.54. The van der Waals surface area contributed by atoms with E-state index in [-0.39, 0.29) is 0 Å². The fraction of sp³-hybridized carbons (Fsp3) is 0.0500. The number of hydrogen-bond acceptors (Lipinski definition) is 6. The molecule has 148 valence electrons. The standard InChI is InChI=1S/C20H18N4O5/c1-28-17-7-6-15(10-16(17)18-11-21-12-29-18)23-20(26)22-14-4-2-3-13(9-14)5-8-19(25)24-27/h2-12,27H,1H3,(H,24,25)(H2,22,23,26)/b8-5+. The van der Waals surface area contributed by atoms with Crippen LogP contribution in [0.3, 0.4) is 0 Å². The highest BCUT2D eigenvalue weighted by atomic mass is 16.5. The van der Waals surface area contributed by atoms with Crippen molar-refractivity contribution in [2.24, 2.45) is 0 Å². The highest BCUT2D eigenvalue weighted by Gasteiger charge is 2.12. The molecule has 0 saturated heterocycles. The Bertz CT molecular complexity index is 1030. The fourth-order valence-corrected chi connectivity index (χ4v) is 2.55. The molecular weight excluding hydrogens is 376 g/mol. The smallest absolute Gasteiger partial charge is 0.323 e. The first-order chi connectivity index (χ1) is 14.1. The Balaban J connectivity index is 1.71. The summed E-state index contributed by atoms with van der Waals surface area (Å²) in [5.41, 5.74) is 3.89. The van der Waals surface area contributed by atoms with Crippen molar-refractivity contribution in [1.82, 2.24) is 10.5 Å². The Morgan fingerprint density at radius 3 is 2.62 bits per heavy atom. The van der Waals surface area contributed by atoms with Gasteiger partial charge in [-0.25, -0.2) is 15.3 Å². The molecule has 0 radical (unpaired) electrons. The van der Waals surface area contributed by atoms with E-state index < -0.39 is 11.9 Å². The van der Waals surface area contributed by atoms with Crippen LogP contribution in [0.5, 0.6) is 5.75 Å². The third kappa shape index (κ3) is 5.21. The van der Waals surface area contributed by atoms with Gasteiger partial charge in [0.25, 0.3) is 5.91 Å². The second-order valence-electron chi connectivity index (χ2n) is 5.79. The average molecular weight is 394 g/mol. The van der Waals surface area contributed by atoms with E-state index >= 15 is 0 Å². The predicted molar refractivity (Wildman–Crippen MR) is 107 cm³/mol. The lowest BCUT2D eigenvalue weighted by Gasteiger charge is -2.11. The number of hydroxylamine groups is 1. The number of amides is 3. The summed E-state index contributed by atoms with van der Waals surface area (Å²) in [6, 6.07) is 11.5. The first kappa shape index (κ1) is 19.6. The molecule has 0 bridgehead atoms. The van der Waals surface area contributed by atoms with Crippen molar-refractivity contribution in [3.05, 3.63) is 66.7 Å². The van der Waals surface area contributed by atoms with Gasteiger partial charge in [-0.2, -0.15) is 0 Å². The molecule has 4 N–H and O–H groups in total. The molecule has 0 aliphatic heterocycles. The van der Waals surface area contributed by atoms with Gasteiger partial charge in [0.1, 0.15) is 5.75 Å². The van der Waals surface area contributed by atoms with Crippen LogP contribution in [0.1, 0.15) is 5.56 Å². The summed E-state index contributed by atoms with van der Waals surface area (Å²) in [5.74, 6) is 0.444. The van der Waals surface area contributed by atoms with Gasteiger partial charge in [-0.05, 0) is 42.0 Å². The number of hydrogen-bond donors (Lipinski definition) is 4. The molecular formula is C20H18N4O5. The zero-order valence-electron chi connectivity index (χ0n) is 15.4. The number of ether oxygens (including phenoxy) is 1. The zero-order chi connectivity index (χ0) is 20.6. The Labute approximate surface area is 166 Å². The van der Waals surface area contributed by atoms with E-state index in [1.807, 2.05) is 0 Å². The highest BCUT2D eigenvalue weighted by Crippen LogP contribution is 2.32. The Morgan fingerprint density at radius 2 is 1.93 bits per heavy atom. The van der Waals surface area contributed by atoms with Crippen LogP contribution in [0.25, 0.3) is 17.4 Å². The van der Waals surface area contributed by atoms with Gasteiger partial charge in [0.05, 0.1) is 18.9 Å². The van der Waals surface area contributed by atoms with Gasteiger partial charge in [0.15, 0.2) is 12.2 Å². The van der Waals surface area contributed by atoms with Crippen LogP contribution in [-0.2, 0) is 4.79 Å². The van der Waals surface area contributed by atoms with Crippen molar-refractivity contribution in [2.75, 3.05) is 17.7 Å². The number of nitrogens with one attached hydrogen (secondary N) is 3. The molecule has 0 saturated carbocycles. The van der Waals surface area contributed by atoms with Crippen molar-refractivity contribution < 1.29 is 24.0 Å². The number of oxazole rings is 1. The molecule has 2 aromatic carbocycles. The number of urea groups is 1. The van der Waals surface area contributed by atoms with Crippen LogP contribution in [0.4, 0.5) is 16.2 Å². The lowest BCUT2D eigenvalue weighted by Crippen LogP contribution is -2.19. The van der Waals surface area contributed by atoms with Gasteiger partial charge in [0.2, 0.25) is 0 Å². The second-order valence-corrected chi connectivity index (χ2v) is 5.79. The maximum atomic E-state index is 12.4. The quantitative estimate of drug-likeness (QED) is 0.288. The predicted octanol–water partition coefficient (Wildman–Crippen LogP) is 3.51. The molecule has 0 aliphatic rings.